The summed E-state index contributed by atoms with van der Waals surface area (Å²) in [6, 6.07) is 2.12. The summed E-state index contributed by atoms with van der Waals surface area (Å²) in [5, 5.41) is 12.9. The fraction of sp³-hybridized carbons (Fsp3) is 0.500. The van der Waals surface area contributed by atoms with Crippen LogP contribution in [0.2, 0.25) is 0 Å². The monoisotopic (exact) mass is 293 g/mol. The zero-order valence-electron chi connectivity index (χ0n) is 11.8. The molecule has 2 N–H and O–H groups in total. The molecule has 0 amide bonds. The number of carboxylic acids is 1. The summed E-state index contributed by atoms with van der Waals surface area (Å²) in [6.45, 7) is 4.77. The van der Waals surface area contributed by atoms with E-state index in [9.17, 15) is 4.79 Å². The molecular weight excluding hydrogens is 274 g/mol. The summed E-state index contributed by atoms with van der Waals surface area (Å²) in [5.41, 5.74) is 0. The molecular formula is C14H19N3O2S. The molecule has 0 saturated carbocycles. The van der Waals surface area contributed by atoms with Crippen molar-refractivity contribution in [2.24, 2.45) is 0 Å². The minimum atomic E-state index is -0.766. The van der Waals surface area contributed by atoms with Crippen LogP contribution in [0.1, 0.15) is 37.4 Å². The van der Waals surface area contributed by atoms with Crippen molar-refractivity contribution in [1.82, 2.24) is 9.97 Å². The number of hydrogen-bond donors (Lipinski definition) is 2. The molecule has 0 spiro atoms. The van der Waals surface area contributed by atoms with E-state index in [-0.39, 0.29) is 6.42 Å². The number of rotatable bonds is 7. The van der Waals surface area contributed by atoms with Crippen molar-refractivity contribution < 1.29 is 9.90 Å². The number of aliphatic carboxylic acids is 1. The molecule has 0 aliphatic carbocycles. The highest BCUT2D eigenvalue weighted by Gasteiger charge is 2.10. The van der Waals surface area contributed by atoms with Gasteiger partial charge in [-0.3, -0.25) is 4.79 Å². The van der Waals surface area contributed by atoms with Gasteiger partial charge < -0.3 is 10.4 Å². The Kier molecular flexibility index (Phi) is 4.89. The second-order valence-corrected chi connectivity index (χ2v) is 5.67. The van der Waals surface area contributed by atoms with E-state index in [0.717, 1.165) is 34.7 Å². The maximum atomic E-state index is 10.5. The Balaban J connectivity index is 2.20. The van der Waals surface area contributed by atoms with Crippen molar-refractivity contribution in [3.8, 4) is 0 Å². The number of carbonyl (C=O) groups is 1. The Morgan fingerprint density at radius 3 is 2.80 bits per heavy atom. The van der Waals surface area contributed by atoms with Crippen molar-refractivity contribution >= 4 is 33.3 Å². The highest BCUT2D eigenvalue weighted by molar-refractivity contribution is 7.18. The van der Waals surface area contributed by atoms with Crippen LogP contribution < -0.4 is 5.32 Å². The van der Waals surface area contributed by atoms with Crippen LogP contribution in [0, 0.1) is 0 Å². The lowest BCUT2D eigenvalue weighted by atomic mass is 10.2. The zero-order valence-corrected chi connectivity index (χ0v) is 12.6. The van der Waals surface area contributed by atoms with Crippen LogP contribution in [0.4, 0.5) is 5.82 Å². The number of hydrogen-bond acceptors (Lipinski definition) is 5. The van der Waals surface area contributed by atoms with Crippen molar-refractivity contribution in [1.29, 1.82) is 0 Å². The minimum absolute atomic E-state index is 0.172. The van der Waals surface area contributed by atoms with Crippen molar-refractivity contribution in [3.63, 3.8) is 0 Å². The van der Waals surface area contributed by atoms with Gasteiger partial charge in [-0.25, -0.2) is 9.97 Å². The van der Waals surface area contributed by atoms with Crippen LogP contribution in [0.5, 0.6) is 0 Å². The maximum absolute atomic E-state index is 10.5. The number of anilines is 1. The molecule has 0 saturated heterocycles. The summed E-state index contributed by atoms with van der Waals surface area (Å²) < 4.78 is 0. The molecule has 0 radical (unpaired) electrons. The molecule has 0 aliphatic rings. The molecule has 2 aromatic rings. The summed E-state index contributed by atoms with van der Waals surface area (Å²) in [5.74, 6) is 0.883. The van der Waals surface area contributed by atoms with Crippen LogP contribution in [-0.2, 0) is 17.6 Å². The number of nitrogens with one attached hydrogen (secondary N) is 1. The SMILES string of the molecule is CCc1nc(NCCCC(=O)O)c2cc(CC)sc2n1. The van der Waals surface area contributed by atoms with Gasteiger partial charge in [0.25, 0.3) is 0 Å². The lowest BCUT2D eigenvalue weighted by Gasteiger charge is -2.07. The van der Waals surface area contributed by atoms with Crippen LogP contribution in [0.3, 0.4) is 0 Å². The summed E-state index contributed by atoms with van der Waals surface area (Å²) in [7, 11) is 0. The van der Waals surface area contributed by atoms with E-state index in [1.165, 1.54) is 4.88 Å². The standard InChI is InChI=1S/C14H19N3O2S/c1-3-9-8-10-13(15-7-5-6-12(18)19)16-11(4-2)17-14(10)20-9/h8H,3-7H2,1-2H3,(H,18,19)(H,15,16,17). The molecule has 2 heterocycles. The van der Waals surface area contributed by atoms with Crippen LogP contribution in [-0.4, -0.2) is 27.6 Å². The second kappa shape index (κ2) is 6.65. The highest BCUT2D eigenvalue weighted by atomic mass is 32.1. The molecule has 0 bridgehead atoms. The Labute approximate surface area is 122 Å². The van der Waals surface area contributed by atoms with E-state index in [2.05, 4.69) is 28.3 Å². The summed E-state index contributed by atoms with van der Waals surface area (Å²) >= 11 is 1.70. The quantitative estimate of drug-likeness (QED) is 0.767. The third-order valence-electron chi connectivity index (χ3n) is 3.01. The maximum Gasteiger partial charge on any atom is 0.303 e. The lowest BCUT2D eigenvalue weighted by Crippen LogP contribution is -2.07. The molecule has 20 heavy (non-hydrogen) atoms. The van der Waals surface area contributed by atoms with Gasteiger partial charge in [0.1, 0.15) is 16.5 Å². The molecule has 0 aromatic carbocycles. The number of thiophene rings is 1. The van der Waals surface area contributed by atoms with Gasteiger partial charge in [-0.15, -0.1) is 11.3 Å². The van der Waals surface area contributed by atoms with Crippen molar-refractivity contribution in [2.45, 2.75) is 39.5 Å². The van der Waals surface area contributed by atoms with Gasteiger partial charge in [0.2, 0.25) is 0 Å². The number of aryl methyl sites for hydroxylation is 2. The Morgan fingerprint density at radius 1 is 1.35 bits per heavy atom. The Hall–Kier alpha value is -1.69. The van der Waals surface area contributed by atoms with Gasteiger partial charge in [0, 0.05) is 24.3 Å². The summed E-state index contributed by atoms with van der Waals surface area (Å²) in [4.78, 5) is 21.9. The third kappa shape index (κ3) is 3.45. The third-order valence-corrected chi connectivity index (χ3v) is 4.19. The topological polar surface area (TPSA) is 75.1 Å². The average Bonchev–Trinajstić information content (AvgIpc) is 2.86. The molecule has 0 aliphatic heterocycles. The molecule has 2 rings (SSSR count). The van der Waals surface area contributed by atoms with Gasteiger partial charge in [-0.1, -0.05) is 13.8 Å². The van der Waals surface area contributed by atoms with Crippen LogP contribution in [0.25, 0.3) is 10.2 Å². The number of nitrogens with zero attached hydrogens (tertiary/aromatic N) is 2. The molecule has 0 unspecified atom stereocenters. The number of aromatic nitrogens is 2. The first-order valence-electron chi connectivity index (χ1n) is 6.89. The van der Waals surface area contributed by atoms with E-state index in [1.807, 2.05) is 6.92 Å². The van der Waals surface area contributed by atoms with E-state index in [0.29, 0.717) is 13.0 Å². The van der Waals surface area contributed by atoms with Gasteiger partial charge in [-0.2, -0.15) is 0 Å². The minimum Gasteiger partial charge on any atom is -0.481 e. The van der Waals surface area contributed by atoms with Crippen molar-refractivity contribution in [3.05, 3.63) is 16.8 Å². The fourth-order valence-corrected chi connectivity index (χ4v) is 2.92. The molecule has 108 valence electrons. The second-order valence-electron chi connectivity index (χ2n) is 4.55. The van der Waals surface area contributed by atoms with E-state index < -0.39 is 5.97 Å². The number of fused-ring (bicyclic) bond motifs is 1. The van der Waals surface area contributed by atoms with E-state index >= 15 is 0 Å². The van der Waals surface area contributed by atoms with Gasteiger partial charge in [-0.05, 0) is 18.9 Å². The van der Waals surface area contributed by atoms with Gasteiger partial charge in [0.15, 0.2) is 0 Å². The zero-order chi connectivity index (χ0) is 14.5. The predicted octanol–water partition coefficient (Wildman–Crippen LogP) is 3.09. The largest absolute Gasteiger partial charge is 0.481 e. The first-order chi connectivity index (χ1) is 9.63. The lowest BCUT2D eigenvalue weighted by molar-refractivity contribution is -0.137. The fourth-order valence-electron chi connectivity index (χ4n) is 1.93. The molecule has 5 nitrogen and oxygen atoms in total. The first kappa shape index (κ1) is 14.7. The smallest absolute Gasteiger partial charge is 0.303 e. The first-order valence-corrected chi connectivity index (χ1v) is 7.70. The molecule has 2 aromatic heterocycles. The Bertz CT molecular complexity index is 610. The van der Waals surface area contributed by atoms with Crippen molar-refractivity contribution in [2.75, 3.05) is 11.9 Å². The highest BCUT2D eigenvalue weighted by Crippen LogP contribution is 2.29. The number of carboxylic acid groups (broad SMARTS) is 1. The summed E-state index contributed by atoms with van der Waals surface area (Å²) in [6.07, 6.45) is 2.54. The molecule has 0 atom stereocenters. The normalized spacial score (nSPS) is 10.9. The van der Waals surface area contributed by atoms with Gasteiger partial charge >= 0.3 is 5.97 Å². The predicted molar refractivity (Wildman–Crippen MR) is 81.5 cm³/mol. The molecule has 0 fully saturated rings. The average molecular weight is 293 g/mol. The van der Waals surface area contributed by atoms with Gasteiger partial charge in [0.05, 0.1) is 5.39 Å². The molecule has 6 heteroatoms. The van der Waals surface area contributed by atoms with E-state index in [1.54, 1.807) is 11.3 Å². The Morgan fingerprint density at radius 2 is 2.15 bits per heavy atom. The van der Waals surface area contributed by atoms with Crippen LogP contribution >= 0.6 is 11.3 Å². The van der Waals surface area contributed by atoms with E-state index in [4.69, 9.17) is 5.11 Å². The van der Waals surface area contributed by atoms with Crippen LogP contribution in [0.15, 0.2) is 6.07 Å².